The molecule has 2 bridgehead atoms. The van der Waals surface area contributed by atoms with Crippen LogP contribution in [0.25, 0.3) is 0 Å². The van der Waals surface area contributed by atoms with Gasteiger partial charge in [-0.2, -0.15) is 0 Å². The molecule has 0 aliphatic carbocycles. The molecule has 3 aliphatic rings. The molecule has 0 spiro atoms. The van der Waals surface area contributed by atoms with Crippen LogP contribution in [0.1, 0.15) is 12.8 Å². The van der Waals surface area contributed by atoms with Crippen molar-refractivity contribution in [3.63, 3.8) is 0 Å². The Bertz CT molecular complexity index is 314. The Morgan fingerprint density at radius 2 is 1.60 bits per heavy atom. The van der Waals surface area contributed by atoms with Gasteiger partial charge in [0.25, 0.3) is 11.8 Å². The van der Waals surface area contributed by atoms with Crippen LogP contribution in [0.4, 0.5) is 0 Å². The molecule has 0 saturated carbocycles. The predicted octanol–water partition coefficient (Wildman–Crippen LogP) is -0.375. The molecular weight excluding hydrogens is 196 g/mol. The Kier molecular flexibility index (Phi) is 1.73. The summed E-state index contributed by atoms with van der Waals surface area (Å²) < 4.78 is 5.62. The molecular formula is C10H14N2O3. The first-order chi connectivity index (χ1) is 7.11. The van der Waals surface area contributed by atoms with Crippen molar-refractivity contribution in [2.45, 2.75) is 25.0 Å². The Hall–Kier alpha value is -0.940. The zero-order valence-corrected chi connectivity index (χ0v) is 8.84. The van der Waals surface area contributed by atoms with Gasteiger partial charge in [-0.25, -0.2) is 10.0 Å². The second-order valence-electron chi connectivity index (χ2n) is 4.68. The average Bonchev–Trinajstić information content (AvgIpc) is 2.79. The van der Waals surface area contributed by atoms with Gasteiger partial charge in [0.1, 0.15) is 0 Å². The van der Waals surface area contributed by atoms with Gasteiger partial charge >= 0.3 is 0 Å². The maximum absolute atomic E-state index is 12.0. The maximum atomic E-state index is 12.0. The zero-order valence-electron chi connectivity index (χ0n) is 8.84. The van der Waals surface area contributed by atoms with Crippen LogP contribution in [-0.4, -0.2) is 48.1 Å². The Morgan fingerprint density at radius 3 is 2.00 bits per heavy atom. The summed E-state index contributed by atoms with van der Waals surface area (Å²) in [7, 11) is 3.44. The number of ether oxygens (including phenoxy) is 1. The van der Waals surface area contributed by atoms with E-state index in [1.165, 1.54) is 5.01 Å². The van der Waals surface area contributed by atoms with Crippen molar-refractivity contribution in [3.05, 3.63) is 0 Å². The van der Waals surface area contributed by atoms with Gasteiger partial charge in [-0.3, -0.25) is 9.59 Å². The van der Waals surface area contributed by atoms with Crippen molar-refractivity contribution in [3.8, 4) is 0 Å². The molecule has 3 heterocycles. The summed E-state index contributed by atoms with van der Waals surface area (Å²) >= 11 is 0. The van der Waals surface area contributed by atoms with Crippen molar-refractivity contribution in [2.24, 2.45) is 11.8 Å². The maximum Gasteiger partial charge on any atom is 0.250 e. The number of hydrogen-bond donors (Lipinski definition) is 0. The second kappa shape index (κ2) is 2.80. The number of hydrazine groups is 1. The summed E-state index contributed by atoms with van der Waals surface area (Å²) in [6, 6.07) is 0. The van der Waals surface area contributed by atoms with Crippen molar-refractivity contribution in [2.75, 3.05) is 14.1 Å². The minimum Gasteiger partial charge on any atom is -0.373 e. The molecule has 3 fully saturated rings. The number of amides is 2. The third-order valence-corrected chi connectivity index (χ3v) is 3.66. The fourth-order valence-corrected chi connectivity index (χ4v) is 3.09. The first kappa shape index (κ1) is 9.30. The van der Waals surface area contributed by atoms with Gasteiger partial charge in [0.05, 0.1) is 24.0 Å². The molecule has 0 unspecified atom stereocenters. The summed E-state index contributed by atoms with van der Waals surface area (Å²) in [5.41, 5.74) is 0. The van der Waals surface area contributed by atoms with Crippen LogP contribution in [0, 0.1) is 11.8 Å². The van der Waals surface area contributed by atoms with Gasteiger partial charge in [-0.15, -0.1) is 0 Å². The highest BCUT2D eigenvalue weighted by molar-refractivity contribution is 6.05. The normalized spacial score (nSPS) is 43.3. The SMILES string of the molecule is CN(C)N1C(=O)[C@@H]2[C@H](C1=O)[C@H]1CC[C@@H]2O1. The molecule has 0 N–H and O–H groups in total. The topological polar surface area (TPSA) is 49.9 Å². The Morgan fingerprint density at radius 1 is 1.13 bits per heavy atom. The standard InChI is InChI=1S/C10H14N2O3/c1-11(2)12-9(13)7-5-3-4-6(15-5)8(7)10(12)14/h5-8H,3-4H2,1-2H3/t5-,6+,7-,8+. The van der Waals surface area contributed by atoms with Crippen LogP contribution in [-0.2, 0) is 14.3 Å². The summed E-state index contributed by atoms with van der Waals surface area (Å²) in [5, 5.41) is 2.84. The first-order valence-electron chi connectivity index (χ1n) is 5.32. The molecule has 0 radical (unpaired) electrons. The molecule has 0 aromatic carbocycles. The fourth-order valence-electron chi connectivity index (χ4n) is 3.09. The lowest BCUT2D eigenvalue weighted by molar-refractivity contribution is -0.157. The van der Waals surface area contributed by atoms with Crippen molar-refractivity contribution < 1.29 is 14.3 Å². The molecule has 2 amide bonds. The van der Waals surface area contributed by atoms with Gasteiger partial charge in [0.2, 0.25) is 0 Å². The summed E-state index contributed by atoms with van der Waals surface area (Å²) in [5.74, 6) is -0.582. The minimum atomic E-state index is -0.210. The Balaban J connectivity index is 1.97. The highest BCUT2D eigenvalue weighted by Crippen LogP contribution is 2.48. The van der Waals surface area contributed by atoms with E-state index in [9.17, 15) is 9.59 Å². The smallest absolute Gasteiger partial charge is 0.250 e. The predicted molar refractivity (Wildman–Crippen MR) is 50.4 cm³/mol. The third-order valence-electron chi connectivity index (χ3n) is 3.66. The second-order valence-corrected chi connectivity index (χ2v) is 4.68. The van der Waals surface area contributed by atoms with Crippen LogP contribution < -0.4 is 0 Å². The highest BCUT2D eigenvalue weighted by atomic mass is 16.5. The lowest BCUT2D eigenvalue weighted by Crippen LogP contribution is -2.43. The molecule has 82 valence electrons. The lowest BCUT2D eigenvalue weighted by atomic mass is 9.81. The molecule has 5 heteroatoms. The van der Waals surface area contributed by atoms with E-state index in [2.05, 4.69) is 0 Å². The summed E-state index contributed by atoms with van der Waals surface area (Å²) in [6.07, 6.45) is 1.82. The third kappa shape index (κ3) is 0.995. The summed E-state index contributed by atoms with van der Waals surface area (Å²) in [4.78, 5) is 24.0. The van der Waals surface area contributed by atoms with Crippen LogP contribution in [0.3, 0.4) is 0 Å². The number of carbonyl (C=O) groups is 2. The van der Waals surface area contributed by atoms with Crippen molar-refractivity contribution in [1.29, 1.82) is 0 Å². The van der Waals surface area contributed by atoms with Crippen LogP contribution in [0.15, 0.2) is 0 Å². The number of fused-ring (bicyclic) bond motifs is 5. The van der Waals surface area contributed by atoms with Crippen LogP contribution in [0.2, 0.25) is 0 Å². The van der Waals surface area contributed by atoms with Gasteiger partial charge in [-0.1, -0.05) is 0 Å². The number of rotatable bonds is 1. The lowest BCUT2D eigenvalue weighted by Gasteiger charge is -2.23. The van der Waals surface area contributed by atoms with E-state index in [1.54, 1.807) is 19.1 Å². The first-order valence-corrected chi connectivity index (χ1v) is 5.32. The largest absolute Gasteiger partial charge is 0.373 e. The van der Waals surface area contributed by atoms with Crippen molar-refractivity contribution in [1.82, 2.24) is 10.0 Å². The van der Waals surface area contributed by atoms with E-state index >= 15 is 0 Å². The van der Waals surface area contributed by atoms with E-state index in [1.807, 2.05) is 0 Å². The van der Waals surface area contributed by atoms with Gasteiger partial charge in [0.15, 0.2) is 0 Å². The molecule has 3 saturated heterocycles. The van der Waals surface area contributed by atoms with Gasteiger partial charge in [0, 0.05) is 14.1 Å². The zero-order chi connectivity index (χ0) is 10.7. The Labute approximate surface area is 87.9 Å². The van der Waals surface area contributed by atoms with E-state index in [0.29, 0.717) is 0 Å². The molecule has 15 heavy (non-hydrogen) atoms. The number of carbonyl (C=O) groups excluding carboxylic acids is 2. The van der Waals surface area contributed by atoms with Crippen molar-refractivity contribution >= 4 is 11.8 Å². The van der Waals surface area contributed by atoms with Crippen LogP contribution in [0.5, 0.6) is 0 Å². The molecule has 5 nitrogen and oxygen atoms in total. The quantitative estimate of drug-likeness (QED) is 0.554. The highest BCUT2D eigenvalue weighted by Gasteiger charge is 2.62. The summed E-state index contributed by atoms with van der Waals surface area (Å²) in [6.45, 7) is 0. The van der Waals surface area contributed by atoms with E-state index < -0.39 is 0 Å². The minimum absolute atomic E-state index is 0.0126. The molecule has 3 aliphatic heterocycles. The van der Waals surface area contributed by atoms with Gasteiger partial charge < -0.3 is 4.74 Å². The molecule has 4 atom stereocenters. The fraction of sp³-hybridized carbons (Fsp3) is 0.800. The van der Waals surface area contributed by atoms with Crippen LogP contribution >= 0.6 is 0 Å². The molecule has 0 aromatic heterocycles. The molecule has 0 aromatic rings. The molecule has 3 rings (SSSR count). The average molecular weight is 210 g/mol. The van der Waals surface area contributed by atoms with Gasteiger partial charge in [-0.05, 0) is 12.8 Å². The number of imide groups is 1. The van der Waals surface area contributed by atoms with E-state index in [4.69, 9.17) is 4.74 Å². The van der Waals surface area contributed by atoms with E-state index in [0.717, 1.165) is 12.8 Å². The number of hydrogen-bond acceptors (Lipinski definition) is 4. The number of nitrogens with zero attached hydrogens (tertiary/aromatic N) is 2. The monoisotopic (exact) mass is 210 g/mol. The van der Waals surface area contributed by atoms with E-state index in [-0.39, 0.29) is 35.9 Å².